The molecule has 0 saturated carbocycles. The molecule has 0 fully saturated rings. The maximum Gasteiger partial charge on any atom is 0.182 e. The van der Waals surface area contributed by atoms with Crippen molar-refractivity contribution in [3.63, 3.8) is 0 Å². The van der Waals surface area contributed by atoms with Gasteiger partial charge in [0.15, 0.2) is 6.19 Å². The van der Waals surface area contributed by atoms with Crippen LogP contribution >= 0.6 is 0 Å². The summed E-state index contributed by atoms with van der Waals surface area (Å²) in [5, 5.41) is 10.8. The molecule has 0 aliphatic rings. The SMILES string of the molecule is COc1cccc(CN=C(C)NC#N)c1. The number of benzene rings is 1. The lowest BCUT2D eigenvalue weighted by atomic mass is 10.2. The maximum absolute atomic E-state index is 8.35. The van der Waals surface area contributed by atoms with Crippen molar-refractivity contribution in [1.82, 2.24) is 5.32 Å². The molecule has 15 heavy (non-hydrogen) atoms. The largest absolute Gasteiger partial charge is 0.497 e. The van der Waals surface area contributed by atoms with Gasteiger partial charge in [-0.1, -0.05) is 12.1 Å². The molecule has 0 amide bonds. The van der Waals surface area contributed by atoms with Gasteiger partial charge in [0.25, 0.3) is 0 Å². The number of aliphatic imine (C=N–C) groups is 1. The van der Waals surface area contributed by atoms with Crippen molar-refractivity contribution in [2.24, 2.45) is 4.99 Å². The van der Waals surface area contributed by atoms with Crippen molar-refractivity contribution >= 4 is 5.84 Å². The topological polar surface area (TPSA) is 57.4 Å². The standard InChI is InChI=1S/C11H13N3O/c1-9(14-8-12)13-7-10-4-3-5-11(6-10)15-2/h3-6H,7H2,1-2H3,(H,13,14). The predicted molar refractivity (Wildman–Crippen MR) is 58.6 cm³/mol. The minimum Gasteiger partial charge on any atom is -0.497 e. The summed E-state index contributed by atoms with van der Waals surface area (Å²) in [6.07, 6.45) is 1.82. The number of nitrogens with one attached hydrogen (secondary N) is 1. The summed E-state index contributed by atoms with van der Waals surface area (Å²) >= 11 is 0. The molecular weight excluding hydrogens is 190 g/mol. The second-order valence-electron chi connectivity index (χ2n) is 2.99. The Morgan fingerprint density at radius 2 is 2.40 bits per heavy atom. The van der Waals surface area contributed by atoms with Crippen LogP contribution in [0.3, 0.4) is 0 Å². The molecular formula is C11H13N3O. The molecule has 1 N–H and O–H groups in total. The Morgan fingerprint density at radius 3 is 3.07 bits per heavy atom. The van der Waals surface area contributed by atoms with Crippen LogP contribution in [0.2, 0.25) is 0 Å². The van der Waals surface area contributed by atoms with E-state index in [1.54, 1.807) is 14.0 Å². The van der Waals surface area contributed by atoms with E-state index in [0.29, 0.717) is 12.4 Å². The summed E-state index contributed by atoms with van der Waals surface area (Å²) in [5.74, 6) is 1.42. The zero-order valence-corrected chi connectivity index (χ0v) is 8.82. The van der Waals surface area contributed by atoms with Crippen molar-refractivity contribution < 1.29 is 4.74 Å². The van der Waals surface area contributed by atoms with E-state index in [0.717, 1.165) is 11.3 Å². The van der Waals surface area contributed by atoms with Gasteiger partial charge < -0.3 is 4.74 Å². The number of nitrogens with zero attached hydrogens (tertiary/aromatic N) is 2. The summed E-state index contributed by atoms with van der Waals surface area (Å²) < 4.78 is 5.09. The zero-order valence-electron chi connectivity index (χ0n) is 8.82. The van der Waals surface area contributed by atoms with E-state index in [4.69, 9.17) is 10.00 Å². The second kappa shape index (κ2) is 5.66. The highest BCUT2D eigenvalue weighted by molar-refractivity contribution is 5.80. The van der Waals surface area contributed by atoms with Gasteiger partial charge in [0, 0.05) is 0 Å². The van der Waals surface area contributed by atoms with Gasteiger partial charge in [-0.2, -0.15) is 5.26 Å². The summed E-state index contributed by atoms with van der Waals surface area (Å²) in [6, 6.07) is 7.68. The van der Waals surface area contributed by atoms with Crippen molar-refractivity contribution in [2.45, 2.75) is 13.5 Å². The molecule has 4 nitrogen and oxygen atoms in total. The van der Waals surface area contributed by atoms with Gasteiger partial charge in [-0.3, -0.25) is 10.3 Å². The first kappa shape index (κ1) is 11.1. The number of methoxy groups -OCH3 is 1. The van der Waals surface area contributed by atoms with Gasteiger partial charge >= 0.3 is 0 Å². The number of amidine groups is 1. The molecule has 0 saturated heterocycles. The summed E-state index contributed by atoms with van der Waals surface area (Å²) in [7, 11) is 1.63. The predicted octanol–water partition coefficient (Wildman–Crippen LogP) is 1.68. The van der Waals surface area contributed by atoms with Crippen LogP contribution in [0.5, 0.6) is 5.75 Å². The smallest absolute Gasteiger partial charge is 0.182 e. The summed E-state index contributed by atoms with van der Waals surface area (Å²) in [5.41, 5.74) is 1.05. The van der Waals surface area contributed by atoms with Crippen LogP contribution in [0.25, 0.3) is 0 Å². The highest BCUT2D eigenvalue weighted by Gasteiger charge is 1.94. The third kappa shape index (κ3) is 3.69. The van der Waals surface area contributed by atoms with Gasteiger partial charge in [-0.05, 0) is 24.6 Å². The lowest BCUT2D eigenvalue weighted by Gasteiger charge is -2.02. The molecule has 1 aromatic rings. The van der Waals surface area contributed by atoms with Crippen LogP contribution in [0.4, 0.5) is 0 Å². The average molecular weight is 203 g/mol. The quantitative estimate of drug-likeness (QED) is 0.352. The Labute approximate surface area is 89.2 Å². The van der Waals surface area contributed by atoms with E-state index >= 15 is 0 Å². The number of rotatable bonds is 3. The van der Waals surface area contributed by atoms with E-state index < -0.39 is 0 Å². The van der Waals surface area contributed by atoms with E-state index in [1.165, 1.54) is 0 Å². The molecule has 0 atom stereocenters. The number of hydrogen-bond donors (Lipinski definition) is 1. The van der Waals surface area contributed by atoms with Gasteiger partial charge in [0.2, 0.25) is 0 Å². The first-order valence-electron chi connectivity index (χ1n) is 4.55. The molecule has 0 unspecified atom stereocenters. The molecule has 0 bridgehead atoms. The van der Waals surface area contributed by atoms with E-state index in [9.17, 15) is 0 Å². The lowest BCUT2D eigenvalue weighted by molar-refractivity contribution is 0.414. The minimum absolute atomic E-state index is 0.539. The highest BCUT2D eigenvalue weighted by atomic mass is 16.5. The Hall–Kier alpha value is -2.02. The van der Waals surface area contributed by atoms with Crippen LogP contribution < -0.4 is 10.1 Å². The fourth-order valence-corrected chi connectivity index (χ4v) is 1.10. The Bertz CT molecular complexity index is 393. The number of hydrogen-bond acceptors (Lipinski definition) is 3. The van der Waals surface area contributed by atoms with Crippen LogP contribution in [-0.2, 0) is 6.54 Å². The average Bonchev–Trinajstić information content (AvgIpc) is 2.27. The van der Waals surface area contributed by atoms with Crippen LogP contribution in [0.1, 0.15) is 12.5 Å². The van der Waals surface area contributed by atoms with Crippen molar-refractivity contribution in [2.75, 3.05) is 7.11 Å². The van der Waals surface area contributed by atoms with E-state index in [-0.39, 0.29) is 0 Å². The van der Waals surface area contributed by atoms with Gasteiger partial charge in [0.1, 0.15) is 11.6 Å². The summed E-state index contributed by atoms with van der Waals surface area (Å²) in [4.78, 5) is 4.19. The molecule has 0 aliphatic carbocycles. The van der Waals surface area contributed by atoms with Crippen molar-refractivity contribution in [1.29, 1.82) is 5.26 Å². The van der Waals surface area contributed by atoms with Gasteiger partial charge in [-0.25, -0.2) is 0 Å². The van der Waals surface area contributed by atoms with Gasteiger partial charge in [0.05, 0.1) is 13.7 Å². The van der Waals surface area contributed by atoms with Crippen LogP contribution in [0.15, 0.2) is 29.3 Å². The van der Waals surface area contributed by atoms with Crippen LogP contribution in [-0.4, -0.2) is 12.9 Å². The first-order chi connectivity index (χ1) is 7.26. The maximum atomic E-state index is 8.35. The minimum atomic E-state index is 0.539. The van der Waals surface area contributed by atoms with E-state index in [1.807, 2.05) is 30.5 Å². The second-order valence-corrected chi connectivity index (χ2v) is 2.99. The van der Waals surface area contributed by atoms with E-state index in [2.05, 4.69) is 10.3 Å². The molecule has 0 spiro atoms. The molecule has 0 aromatic heterocycles. The third-order valence-corrected chi connectivity index (χ3v) is 1.87. The molecule has 1 aromatic carbocycles. The fraction of sp³-hybridized carbons (Fsp3) is 0.273. The Morgan fingerprint density at radius 1 is 1.60 bits per heavy atom. The Balaban J connectivity index is 2.65. The lowest BCUT2D eigenvalue weighted by Crippen LogP contribution is -2.13. The molecule has 0 aliphatic heterocycles. The molecule has 78 valence electrons. The molecule has 1 rings (SSSR count). The van der Waals surface area contributed by atoms with Crippen molar-refractivity contribution in [3.05, 3.63) is 29.8 Å². The molecule has 4 heteroatoms. The highest BCUT2D eigenvalue weighted by Crippen LogP contribution is 2.12. The van der Waals surface area contributed by atoms with Crippen molar-refractivity contribution in [3.8, 4) is 11.9 Å². The summed E-state index contributed by atoms with van der Waals surface area (Å²) in [6.45, 7) is 2.29. The van der Waals surface area contributed by atoms with Crippen LogP contribution in [0, 0.1) is 11.5 Å². The normalized spacial score (nSPS) is 10.6. The first-order valence-corrected chi connectivity index (χ1v) is 4.55. The monoisotopic (exact) mass is 203 g/mol. The fourth-order valence-electron chi connectivity index (χ4n) is 1.10. The third-order valence-electron chi connectivity index (χ3n) is 1.87. The van der Waals surface area contributed by atoms with Gasteiger partial charge in [-0.15, -0.1) is 0 Å². The Kier molecular flexibility index (Phi) is 4.17. The number of nitriles is 1. The molecule has 0 heterocycles. The number of ether oxygens (including phenoxy) is 1. The molecule has 0 radical (unpaired) electrons. The zero-order chi connectivity index (χ0) is 11.1.